The minimum absolute atomic E-state index is 0.645. The molecule has 0 radical (unpaired) electrons. The maximum atomic E-state index is 6.18. The van der Waals surface area contributed by atoms with E-state index in [9.17, 15) is 0 Å². The van der Waals surface area contributed by atoms with Gasteiger partial charge in [0.15, 0.2) is 0 Å². The number of hydrogen-bond acceptors (Lipinski definition) is 2. The van der Waals surface area contributed by atoms with Gasteiger partial charge in [0.1, 0.15) is 17.2 Å². The molecule has 0 bridgehead atoms. The second kappa shape index (κ2) is 14.1. The molecule has 0 amide bonds. The number of imidazole rings is 1. The number of fused-ring (bicyclic) bond motifs is 1. The van der Waals surface area contributed by atoms with Crippen LogP contribution in [-0.4, -0.2) is 9.38 Å². The molecule has 3 heteroatoms. The standard InChI is InChI=1S/C16H19N3.3C2H6/c1-5-13(9-8-11(2)3)14-15(17)19-10-6-7-12(4)16(19)18-14;3*1-2/h5-10H,1,17H2,2-4H3;3*1-2H3/b13-9+;;;. The summed E-state index contributed by atoms with van der Waals surface area (Å²) >= 11 is 0. The Morgan fingerprint density at radius 3 is 2.08 bits per heavy atom. The van der Waals surface area contributed by atoms with Crippen LogP contribution in [-0.2, 0) is 0 Å². The molecule has 0 aliphatic rings. The zero-order valence-electron chi connectivity index (χ0n) is 17.6. The molecule has 2 aromatic heterocycles. The molecule has 2 N–H and O–H groups in total. The monoisotopic (exact) mass is 343 g/mol. The van der Waals surface area contributed by atoms with Gasteiger partial charge in [-0.25, -0.2) is 4.98 Å². The van der Waals surface area contributed by atoms with Gasteiger partial charge < -0.3 is 5.73 Å². The van der Waals surface area contributed by atoms with E-state index < -0.39 is 0 Å². The van der Waals surface area contributed by atoms with Gasteiger partial charge in [0.2, 0.25) is 0 Å². The maximum Gasteiger partial charge on any atom is 0.142 e. The number of allylic oxidation sites excluding steroid dienone is 5. The van der Waals surface area contributed by atoms with Crippen LogP contribution in [0.15, 0.2) is 48.7 Å². The maximum absolute atomic E-state index is 6.18. The fourth-order valence-electron chi connectivity index (χ4n) is 1.93. The summed E-state index contributed by atoms with van der Waals surface area (Å²) in [4.78, 5) is 4.63. The molecule has 0 spiro atoms. The highest BCUT2D eigenvalue weighted by molar-refractivity contribution is 5.81. The summed E-state index contributed by atoms with van der Waals surface area (Å²) in [6.07, 6.45) is 7.74. The normalized spacial score (nSPS) is 9.56. The third-order valence-corrected chi connectivity index (χ3v) is 2.97. The molecule has 25 heavy (non-hydrogen) atoms. The molecule has 0 fully saturated rings. The molecule has 2 rings (SSSR count). The lowest BCUT2D eigenvalue weighted by Crippen LogP contribution is -1.95. The number of pyridine rings is 1. The third-order valence-electron chi connectivity index (χ3n) is 2.97. The first kappa shape index (κ1) is 25.0. The number of aromatic nitrogens is 2. The molecule has 140 valence electrons. The number of rotatable bonds is 3. The van der Waals surface area contributed by atoms with Crippen molar-refractivity contribution in [1.82, 2.24) is 9.38 Å². The first-order chi connectivity index (χ1) is 12.0. The van der Waals surface area contributed by atoms with Gasteiger partial charge in [-0.2, -0.15) is 0 Å². The van der Waals surface area contributed by atoms with E-state index >= 15 is 0 Å². The third kappa shape index (κ3) is 7.00. The van der Waals surface area contributed by atoms with Crippen molar-refractivity contribution in [2.75, 3.05) is 5.73 Å². The van der Waals surface area contributed by atoms with Gasteiger partial charge in [0.05, 0.1) is 0 Å². The Kier molecular flexibility index (Phi) is 14.1. The first-order valence-electron chi connectivity index (χ1n) is 9.25. The zero-order chi connectivity index (χ0) is 20.0. The lowest BCUT2D eigenvalue weighted by Gasteiger charge is -1.99. The van der Waals surface area contributed by atoms with Crippen molar-refractivity contribution in [2.45, 2.75) is 62.3 Å². The van der Waals surface area contributed by atoms with E-state index in [2.05, 4.69) is 11.6 Å². The van der Waals surface area contributed by atoms with E-state index in [0.29, 0.717) is 5.82 Å². The van der Waals surface area contributed by atoms with Crippen LogP contribution in [0.3, 0.4) is 0 Å². The topological polar surface area (TPSA) is 43.3 Å². The minimum Gasteiger partial charge on any atom is -0.383 e. The van der Waals surface area contributed by atoms with Crippen molar-refractivity contribution >= 4 is 17.0 Å². The van der Waals surface area contributed by atoms with Crippen LogP contribution in [0.5, 0.6) is 0 Å². The van der Waals surface area contributed by atoms with Gasteiger partial charge >= 0.3 is 0 Å². The predicted molar refractivity (Wildman–Crippen MR) is 116 cm³/mol. The number of nitrogens with two attached hydrogens (primary N) is 1. The molecule has 0 unspecified atom stereocenters. The van der Waals surface area contributed by atoms with Crippen molar-refractivity contribution in [1.29, 1.82) is 0 Å². The van der Waals surface area contributed by atoms with E-state index in [1.807, 2.05) is 97.2 Å². The minimum atomic E-state index is 0.645. The summed E-state index contributed by atoms with van der Waals surface area (Å²) in [7, 11) is 0. The Hall–Kier alpha value is -2.29. The van der Waals surface area contributed by atoms with Gasteiger partial charge in [0.25, 0.3) is 0 Å². The molecule has 0 saturated heterocycles. The summed E-state index contributed by atoms with van der Waals surface area (Å²) in [5.41, 5.74) is 11.1. The molecule has 2 aromatic rings. The Balaban J connectivity index is 0. The van der Waals surface area contributed by atoms with E-state index in [-0.39, 0.29) is 0 Å². The van der Waals surface area contributed by atoms with Crippen LogP contribution in [0, 0.1) is 6.92 Å². The molecular weight excluding hydrogens is 306 g/mol. The Morgan fingerprint density at radius 2 is 1.64 bits per heavy atom. The fourth-order valence-corrected chi connectivity index (χ4v) is 1.93. The molecule has 2 heterocycles. The number of anilines is 1. The number of hydrogen-bond donors (Lipinski definition) is 1. The lowest BCUT2D eigenvalue weighted by atomic mass is 10.1. The second-order valence-corrected chi connectivity index (χ2v) is 4.80. The molecular formula is C22H37N3. The SMILES string of the molecule is C=C/C(=C\C=C(C)C)c1nc2c(C)cccn2c1N.CC.CC.CC. The van der Waals surface area contributed by atoms with Crippen molar-refractivity contribution in [2.24, 2.45) is 0 Å². The van der Waals surface area contributed by atoms with Gasteiger partial charge in [-0.1, -0.05) is 78.0 Å². The molecule has 0 aliphatic carbocycles. The Morgan fingerprint density at radius 1 is 1.08 bits per heavy atom. The average Bonchev–Trinajstić information content (AvgIpc) is 2.99. The van der Waals surface area contributed by atoms with Crippen LogP contribution in [0.4, 0.5) is 5.82 Å². The molecule has 3 nitrogen and oxygen atoms in total. The molecule has 0 atom stereocenters. The van der Waals surface area contributed by atoms with Crippen LogP contribution in [0.1, 0.15) is 66.6 Å². The number of aryl methyl sites for hydroxylation is 1. The van der Waals surface area contributed by atoms with Crippen LogP contribution >= 0.6 is 0 Å². The fraction of sp³-hybridized carbons (Fsp3) is 0.409. The highest BCUT2D eigenvalue weighted by Crippen LogP contribution is 2.25. The Labute approximate surface area is 155 Å². The van der Waals surface area contributed by atoms with Crippen LogP contribution < -0.4 is 5.73 Å². The summed E-state index contributed by atoms with van der Waals surface area (Å²) in [6, 6.07) is 4.00. The van der Waals surface area contributed by atoms with E-state index in [1.165, 1.54) is 5.57 Å². The molecule has 0 aromatic carbocycles. The van der Waals surface area contributed by atoms with Crippen molar-refractivity contribution in [3.05, 3.63) is 60.0 Å². The quantitative estimate of drug-likeness (QED) is 0.620. The van der Waals surface area contributed by atoms with Crippen molar-refractivity contribution in [3.8, 4) is 0 Å². The van der Waals surface area contributed by atoms with Gasteiger partial charge in [-0.05, 0) is 32.4 Å². The van der Waals surface area contributed by atoms with E-state index in [1.54, 1.807) is 6.08 Å². The molecule has 0 aliphatic heterocycles. The molecule has 0 saturated carbocycles. The van der Waals surface area contributed by atoms with Crippen molar-refractivity contribution in [3.63, 3.8) is 0 Å². The summed E-state index contributed by atoms with van der Waals surface area (Å²) in [6.45, 7) is 22.0. The average molecular weight is 344 g/mol. The second-order valence-electron chi connectivity index (χ2n) is 4.80. The smallest absolute Gasteiger partial charge is 0.142 e. The Bertz CT molecular complexity index is 685. The van der Waals surface area contributed by atoms with E-state index in [4.69, 9.17) is 5.73 Å². The number of nitrogen functional groups attached to an aromatic ring is 1. The van der Waals surface area contributed by atoms with E-state index in [0.717, 1.165) is 22.5 Å². The predicted octanol–water partition coefficient (Wildman–Crippen LogP) is 6.84. The van der Waals surface area contributed by atoms with Gasteiger partial charge in [0, 0.05) is 11.8 Å². The zero-order valence-corrected chi connectivity index (χ0v) is 17.6. The summed E-state index contributed by atoms with van der Waals surface area (Å²) in [5.74, 6) is 0.645. The van der Waals surface area contributed by atoms with Crippen LogP contribution in [0.2, 0.25) is 0 Å². The van der Waals surface area contributed by atoms with Gasteiger partial charge in [-0.3, -0.25) is 4.40 Å². The summed E-state index contributed by atoms with van der Waals surface area (Å²) in [5, 5.41) is 0. The summed E-state index contributed by atoms with van der Waals surface area (Å²) < 4.78 is 1.91. The number of nitrogens with zero attached hydrogens (tertiary/aromatic N) is 2. The van der Waals surface area contributed by atoms with Gasteiger partial charge in [-0.15, -0.1) is 0 Å². The highest BCUT2D eigenvalue weighted by Gasteiger charge is 2.12. The van der Waals surface area contributed by atoms with Crippen LogP contribution in [0.25, 0.3) is 11.2 Å². The largest absolute Gasteiger partial charge is 0.383 e. The lowest BCUT2D eigenvalue weighted by molar-refractivity contribution is 1.17. The first-order valence-corrected chi connectivity index (χ1v) is 9.25. The van der Waals surface area contributed by atoms with Crippen molar-refractivity contribution < 1.29 is 0 Å². The highest BCUT2D eigenvalue weighted by atomic mass is 15.1.